The summed E-state index contributed by atoms with van der Waals surface area (Å²) in [5.74, 6) is -1.88. The van der Waals surface area contributed by atoms with Crippen LogP contribution in [0.1, 0.15) is 62.5 Å². The van der Waals surface area contributed by atoms with E-state index in [1.54, 1.807) is 6.92 Å². The number of carboxylic acids is 1. The van der Waals surface area contributed by atoms with Gasteiger partial charge < -0.3 is 26.7 Å². The fourth-order valence-corrected chi connectivity index (χ4v) is 3.61. The molecular weight excluding hydrogens is 398 g/mol. The first-order valence-corrected chi connectivity index (χ1v) is 10.7. The third-order valence-corrected chi connectivity index (χ3v) is 5.60. The summed E-state index contributed by atoms with van der Waals surface area (Å²) in [4.78, 5) is 28.4. The normalized spacial score (nSPS) is 19.4. The Morgan fingerprint density at radius 2 is 2.03 bits per heavy atom. The van der Waals surface area contributed by atoms with Gasteiger partial charge in [0.25, 0.3) is 0 Å². The first kappa shape index (κ1) is 24.3. The Balaban J connectivity index is 1.91. The summed E-state index contributed by atoms with van der Waals surface area (Å²) in [5.41, 5.74) is 13.8. The minimum Gasteiger partial charge on any atom is -0.481 e. The second-order valence-electron chi connectivity index (χ2n) is 8.03. The van der Waals surface area contributed by atoms with Gasteiger partial charge in [0.05, 0.1) is 11.6 Å². The molecule has 1 saturated carbocycles. The molecule has 0 radical (unpaired) electrons. The number of nitrogens with two attached hydrogens (primary N) is 2. The molecule has 2 rings (SSSR count). The number of benzene rings is 1. The highest BCUT2D eigenvalue weighted by atomic mass is 16.7. The quantitative estimate of drug-likeness (QED) is 0.124. The molecule has 3 atom stereocenters. The van der Waals surface area contributed by atoms with Gasteiger partial charge in [-0.25, -0.2) is 4.79 Å². The van der Waals surface area contributed by atoms with E-state index >= 15 is 0 Å². The lowest BCUT2D eigenvalue weighted by molar-refractivity contribution is -0.145. The fraction of sp³-hybridized carbons (Fsp3) is 0.545. The average molecular weight is 432 g/mol. The van der Waals surface area contributed by atoms with Gasteiger partial charge in [-0.05, 0) is 56.6 Å². The number of rotatable bonds is 10. The highest BCUT2D eigenvalue weighted by molar-refractivity contribution is 5.88. The first-order chi connectivity index (χ1) is 14.8. The molecule has 1 aromatic carbocycles. The van der Waals surface area contributed by atoms with Crippen molar-refractivity contribution in [3.05, 3.63) is 35.4 Å². The molecule has 1 fully saturated rings. The molecule has 0 heterocycles. The molecule has 0 bridgehead atoms. The van der Waals surface area contributed by atoms with Crippen molar-refractivity contribution in [2.24, 2.45) is 22.5 Å². The number of nitrogens with zero attached hydrogens (tertiary/aromatic N) is 1. The second kappa shape index (κ2) is 12.0. The Bertz CT molecular complexity index is 794. The van der Waals surface area contributed by atoms with Gasteiger partial charge >= 0.3 is 11.9 Å². The summed E-state index contributed by atoms with van der Waals surface area (Å²) in [6.45, 7) is 2.14. The SMILES string of the molecule is CC(C(=O)O)c1ccc(CC2CCCCC2=NOC(=O)[C@@H](N)CCCNC(=N)N)cc1. The molecule has 0 aromatic heterocycles. The number of carboxylic acid groups (broad SMARTS) is 1. The van der Waals surface area contributed by atoms with E-state index in [1.165, 1.54) is 0 Å². The highest BCUT2D eigenvalue weighted by Crippen LogP contribution is 2.26. The molecule has 31 heavy (non-hydrogen) atoms. The summed E-state index contributed by atoms with van der Waals surface area (Å²) in [5, 5.41) is 23.0. The molecule has 2 unspecified atom stereocenters. The van der Waals surface area contributed by atoms with E-state index in [1.807, 2.05) is 24.3 Å². The summed E-state index contributed by atoms with van der Waals surface area (Å²) in [7, 11) is 0. The maximum atomic E-state index is 12.1. The van der Waals surface area contributed by atoms with Crippen molar-refractivity contribution in [1.29, 1.82) is 5.41 Å². The second-order valence-corrected chi connectivity index (χ2v) is 8.03. The summed E-state index contributed by atoms with van der Waals surface area (Å²) < 4.78 is 0. The Hall–Kier alpha value is -2.94. The maximum Gasteiger partial charge on any atom is 0.351 e. The van der Waals surface area contributed by atoms with Gasteiger partial charge in [0.15, 0.2) is 5.96 Å². The van der Waals surface area contributed by atoms with Crippen molar-refractivity contribution < 1.29 is 19.5 Å². The minimum absolute atomic E-state index is 0.114. The van der Waals surface area contributed by atoms with Crippen LogP contribution >= 0.6 is 0 Å². The Labute approximate surface area is 182 Å². The van der Waals surface area contributed by atoms with Gasteiger partial charge in [0, 0.05) is 12.5 Å². The molecule has 170 valence electrons. The molecule has 9 nitrogen and oxygen atoms in total. The average Bonchev–Trinajstić information content (AvgIpc) is 2.75. The number of hydrogen-bond acceptors (Lipinski definition) is 6. The lowest BCUT2D eigenvalue weighted by Gasteiger charge is -2.23. The minimum atomic E-state index is -0.843. The van der Waals surface area contributed by atoms with Gasteiger partial charge in [-0.1, -0.05) is 35.8 Å². The van der Waals surface area contributed by atoms with Crippen LogP contribution in [0.25, 0.3) is 0 Å². The van der Waals surface area contributed by atoms with Crippen molar-refractivity contribution >= 4 is 23.6 Å². The van der Waals surface area contributed by atoms with E-state index in [2.05, 4.69) is 10.5 Å². The topological polar surface area (TPSA) is 164 Å². The lowest BCUT2D eigenvalue weighted by Crippen LogP contribution is -2.35. The molecule has 0 amide bonds. The predicted molar refractivity (Wildman–Crippen MR) is 119 cm³/mol. The molecule has 1 aliphatic rings. The number of carbonyl (C=O) groups excluding carboxylic acids is 1. The Kier molecular flexibility index (Phi) is 9.45. The van der Waals surface area contributed by atoms with Crippen molar-refractivity contribution in [1.82, 2.24) is 5.32 Å². The van der Waals surface area contributed by atoms with E-state index in [0.717, 1.165) is 48.9 Å². The highest BCUT2D eigenvalue weighted by Gasteiger charge is 2.23. The molecule has 9 heteroatoms. The van der Waals surface area contributed by atoms with Crippen LogP contribution < -0.4 is 16.8 Å². The maximum absolute atomic E-state index is 12.1. The van der Waals surface area contributed by atoms with E-state index in [9.17, 15) is 9.59 Å². The van der Waals surface area contributed by atoms with Gasteiger partial charge in [-0.3, -0.25) is 10.2 Å². The number of nitrogens with one attached hydrogen (secondary N) is 2. The third-order valence-electron chi connectivity index (χ3n) is 5.60. The largest absolute Gasteiger partial charge is 0.481 e. The monoisotopic (exact) mass is 431 g/mol. The van der Waals surface area contributed by atoms with Gasteiger partial charge in [0.1, 0.15) is 6.04 Å². The van der Waals surface area contributed by atoms with E-state index in [0.29, 0.717) is 19.4 Å². The zero-order valence-electron chi connectivity index (χ0n) is 18.0. The zero-order chi connectivity index (χ0) is 22.8. The van der Waals surface area contributed by atoms with Crippen LogP contribution in [0.2, 0.25) is 0 Å². The lowest BCUT2D eigenvalue weighted by atomic mass is 9.83. The van der Waals surface area contributed by atoms with Gasteiger partial charge in [-0.15, -0.1) is 0 Å². The van der Waals surface area contributed by atoms with Crippen molar-refractivity contribution in [2.45, 2.75) is 63.8 Å². The molecule has 0 aliphatic heterocycles. The third kappa shape index (κ3) is 8.01. The fourth-order valence-electron chi connectivity index (χ4n) is 3.61. The van der Waals surface area contributed by atoms with Gasteiger partial charge in [-0.2, -0.15) is 0 Å². The zero-order valence-corrected chi connectivity index (χ0v) is 18.0. The summed E-state index contributed by atoms with van der Waals surface area (Å²) in [6.07, 6.45) is 5.61. The van der Waals surface area contributed by atoms with E-state index < -0.39 is 23.9 Å². The molecule has 0 saturated heterocycles. The van der Waals surface area contributed by atoms with E-state index in [4.69, 9.17) is 26.8 Å². The smallest absolute Gasteiger partial charge is 0.351 e. The van der Waals surface area contributed by atoms with Crippen molar-refractivity contribution in [2.75, 3.05) is 6.54 Å². The van der Waals surface area contributed by atoms with Crippen LogP contribution in [0.3, 0.4) is 0 Å². The standard InChI is InChI=1S/C22H33N5O4/c1-14(20(28)29)16-10-8-15(9-11-16)13-17-5-2-3-7-19(17)27-31-21(30)18(23)6-4-12-26-22(24)25/h8-11,14,17-18H,2-7,12-13,23H2,1H3,(H,28,29)(H4,24,25,26)/t14?,17?,18-/m0/s1. The summed E-state index contributed by atoms with van der Waals surface area (Å²) >= 11 is 0. The number of hydrogen-bond donors (Lipinski definition) is 5. The number of oxime groups is 1. The van der Waals surface area contributed by atoms with Crippen LogP contribution in [0, 0.1) is 11.3 Å². The molecule has 0 spiro atoms. The molecule has 1 aromatic rings. The number of carbonyl (C=O) groups is 2. The molecule has 1 aliphatic carbocycles. The van der Waals surface area contributed by atoms with Crippen LogP contribution in [0.5, 0.6) is 0 Å². The van der Waals surface area contributed by atoms with Crippen LogP contribution in [0.15, 0.2) is 29.4 Å². The van der Waals surface area contributed by atoms with E-state index in [-0.39, 0.29) is 11.9 Å². The van der Waals surface area contributed by atoms with Crippen LogP contribution in [-0.2, 0) is 20.8 Å². The summed E-state index contributed by atoms with van der Waals surface area (Å²) in [6, 6.07) is 6.85. The Morgan fingerprint density at radius 3 is 2.68 bits per heavy atom. The number of aliphatic carboxylic acids is 1. The van der Waals surface area contributed by atoms with Crippen molar-refractivity contribution in [3.8, 4) is 0 Å². The molecule has 7 N–H and O–H groups in total. The predicted octanol–water partition coefficient (Wildman–Crippen LogP) is 2.10. The van der Waals surface area contributed by atoms with Crippen molar-refractivity contribution in [3.63, 3.8) is 0 Å². The number of guanidine groups is 1. The molecular formula is C22H33N5O4. The van der Waals surface area contributed by atoms with Crippen LogP contribution in [0.4, 0.5) is 0 Å². The van der Waals surface area contributed by atoms with Crippen LogP contribution in [-0.4, -0.2) is 41.3 Å². The van der Waals surface area contributed by atoms with Gasteiger partial charge in [0.2, 0.25) is 0 Å². The Morgan fingerprint density at radius 1 is 1.32 bits per heavy atom. The first-order valence-electron chi connectivity index (χ1n) is 10.7.